The normalized spacial score (nSPS) is 17.5. The molecular formula is C13H20N2O. The first-order valence-corrected chi connectivity index (χ1v) is 6.00. The number of para-hydroxylation sites is 1. The van der Waals surface area contributed by atoms with Gasteiger partial charge in [0.1, 0.15) is 0 Å². The number of nitrogens with zero attached hydrogens (tertiary/aromatic N) is 1. The van der Waals surface area contributed by atoms with Crippen LogP contribution in [-0.2, 0) is 11.2 Å². The number of anilines is 1. The maximum absolute atomic E-state index is 5.91. The van der Waals surface area contributed by atoms with Gasteiger partial charge in [0.2, 0.25) is 0 Å². The molecule has 0 bridgehead atoms. The molecule has 0 atom stereocenters. The second-order valence-electron chi connectivity index (χ2n) is 4.26. The van der Waals surface area contributed by atoms with Gasteiger partial charge in [-0.3, -0.25) is 4.90 Å². The van der Waals surface area contributed by atoms with Crippen molar-refractivity contribution >= 4 is 5.69 Å². The quantitative estimate of drug-likeness (QED) is 0.782. The van der Waals surface area contributed by atoms with E-state index >= 15 is 0 Å². The Morgan fingerprint density at radius 2 is 1.94 bits per heavy atom. The molecule has 1 aromatic carbocycles. The van der Waals surface area contributed by atoms with Gasteiger partial charge in [-0.05, 0) is 31.0 Å². The highest BCUT2D eigenvalue weighted by Gasteiger charge is 2.09. The van der Waals surface area contributed by atoms with Crippen LogP contribution in [0.4, 0.5) is 5.69 Å². The third kappa shape index (κ3) is 3.22. The SMILES string of the molecule is Nc1ccccc1CCCN1CCOCC1. The lowest BCUT2D eigenvalue weighted by molar-refractivity contribution is 0.0375. The van der Waals surface area contributed by atoms with Crippen molar-refractivity contribution in [1.82, 2.24) is 4.90 Å². The van der Waals surface area contributed by atoms with Gasteiger partial charge in [0.15, 0.2) is 0 Å². The van der Waals surface area contributed by atoms with Crippen molar-refractivity contribution in [2.24, 2.45) is 0 Å². The first-order valence-electron chi connectivity index (χ1n) is 6.00. The van der Waals surface area contributed by atoms with Crippen LogP contribution in [0, 0.1) is 0 Å². The van der Waals surface area contributed by atoms with Crippen LogP contribution in [0.1, 0.15) is 12.0 Å². The minimum Gasteiger partial charge on any atom is -0.399 e. The molecule has 1 aliphatic heterocycles. The third-order valence-corrected chi connectivity index (χ3v) is 3.08. The summed E-state index contributed by atoms with van der Waals surface area (Å²) in [6, 6.07) is 8.14. The van der Waals surface area contributed by atoms with Crippen LogP contribution in [0.3, 0.4) is 0 Å². The number of aryl methyl sites for hydroxylation is 1. The van der Waals surface area contributed by atoms with Gasteiger partial charge in [-0.25, -0.2) is 0 Å². The maximum Gasteiger partial charge on any atom is 0.0594 e. The van der Waals surface area contributed by atoms with Crippen LogP contribution in [0.5, 0.6) is 0 Å². The summed E-state index contributed by atoms with van der Waals surface area (Å²) in [4.78, 5) is 2.46. The van der Waals surface area contributed by atoms with E-state index in [2.05, 4.69) is 17.0 Å². The van der Waals surface area contributed by atoms with Gasteiger partial charge in [-0.1, -0.05) is 18.2 Å². The van der Waals surface area contributed by atoms with Crippen molar-refractivity contribution < 1.29 is 4.74 Å². The Hall–Kier alpha value is -1.06. The van der Waals surface area contributed by atoms with E-state index in [-0.39, 0.29) is 0 Å². The van der Waals surface area contributed by atoms with Crippen LogP contribution in [0.25, 0.3) is 0 Å². The predicted octanol–water partition coefficient (Wildman–Crippen LogP) is 1.53. The Morgan fingerprint density at radius 1 is 1.19 bits per heavy atom. The molecule has 16 heavy (non-hydrogen) atoms. The Labute approximate surface area is 97.2 Å². The lowest BCUT2D eigenvalue weighted by Crippen LogP contribution is -2.36. The van der Waals surface area contributed by atoms with Crippen molar-refractivity contribution in [3.63, 3.8) is 0 Å². The molecule has 3 nitrogen and oxygen atoms in total. The van der Waals surface area contributed by atoms with Crippen LogP contribution < -0.4 is 5.73 Å². The minimum absolute atomic E-state index is 0.882. The summed E-state index contributed by atoms with van der Waals surface area (Å²) in [5, 5.41) is 0. The molecule has 0 spiro atoms. The molecule has 2 N–H and O–H groups in total. The van der Waals surface area contributed by atoms with E-state index in [1.54, 1.807) is 0 Å². The zero-order valence-corrected chi connectivity index (χ0v) is 9.69. The maximum atomic E-state index is 5.91. The van der Waals surface area contributed by atoms with E-state index in [9.17, 15) is 0 Å². The van der Waals surface area contributed by atoms with E-state index in [1.165, 1.54) is 12.0 Å². The number of hydrogen-bond donors (Lipinski definition) is 1. The Morgan fingerprint density at radius 3 is 2.69 bits per heavy atom. The summed E-state index contributed by atoms with van der Waals surface area (Å²) in [5.74, 6) is 0. The second-order valence-corrected chi connectivity index (χ2v) is 4.26. The highest BCUT2D eigenvalue weighted by atomic mass is 16.5. The highest BCUT2D eigenvalue weighted by molar-refractivity contribution is 5.46. The summed E-state index contributed by atoms with van der Waals surface area (Å²) >= 11 is 0. The summed E-state index contributed by atoms with van der Waals surface area (Å²) in [7, 11) is 0. The van der Waals surface area contributed by atoms with Crippen molar-refractivity contribution in [1.29, 1.82) is 0 Å². The molecule has 1 aliphatic rings. The predicted molar refractivity (Wildman–Crippen MR) is 66.4 cm³/mol. The van der Waals surface area contributed by atoms with Crippen molar-refractivity contribution in [3.8, 4) is 0 Å². The minimum atomic E-state index is 0.882. The second kappa shape index (κ2) is 5.87. The third-order valence-electron chi connectivity index (χ3n) is 3.08. The van der Waals surface area contributed by atoms with Gasteiger partial charge < -0.3 is 10.5 Å². The zero-order valence-electron chi connectivity index (χ0n) is 9.69. The highest BCUT2D eigenvalue weighted by Crippen LogP contribution is 2.13. The molecule has 0 aliphatic carbocycles. The van der Waals surface area contributed by atoms with Crippen LogP contribution in [0.15, 0.2) is 24.3 Å². The molecule has 2 rings (SSSR count). The molecule has 88 valence electrons. The molecule has 1 heterocycles. The Bertz CT molecular complexity index is 321. The van der Waals surface area contributed by atoms with Gasteiger partial charge >= 0.3 is 0 Å². The average Bonchev–Trinajstić information content (AvgIpc) is 2.33. The first-order chi connectivity index (χ1) is 7.86. The topological polar surface area (TPSA) is 38.5 Å². The number of nitrogen functional groups attached to an aromatic ring is 1. The molecule has 3 heteroatoms. The van der Waals surface area contributed by atoms with Crippen LogP contribution >= 0.6 is 0 Å². The number of rotatable bonds is 4. The fourth-order valence-electron chi connectivity index (χ4n) is 2.08. The molecule has 0 amide bonds. The van der Waals surface area contributed by atoms with Gasteiger partial charge in [-0.2, -0.15) is 0 Å². The van der Waals surface area contributed by atoms with Crippen molar-refractivity contribution in [2.75, 3.05) is 38.6 Å². The number of ether oxygens (including phenoxy) is 1. The van der Waals surface area contributed by atoms with Gasteiger partial charge in [0.25, 0.3) is 0 Å². The fourth-order valence-corrected chi connectivity index (χ4v) is 2.08. The van der Waals surface area contributed by atoms with E-state index in [4.69, 9.17) is 10.5 Å². The standard InChI is InChI=1S/C13H20N2O/c14-13-6-2-1-4-12(13)5-3-7-15-8-10-16-11-9-15/h1-2,4,6H,3,5,7-11,14H2. The molecule has 0 saturated carbocycles. The summed E-state index contributed by atoms with van der Waals surface area (Å²) in [6.45, 7) is 5.06. The molecule has 0 radical (unpaired) electrons. The Kier molecular flexibility index (Phi) is 4.19. The molecular weight excluding hydrogens is 200 g/mol. The summed E-state index contributed by atoms with van der Waals surface area (Å²) < 4.78 is 5.32. The Balaban J connectivity index is 1.73. The van der Waals surface area contributed by atoms with Gasteiger partial charge in [-0.15, -0.1) is 0 Å². The molecule has 0 aromatic heterocycles. The molecule has 1 saturated heterocycles. The van der Waals surface area contributed by atoms with E-state index in [0.29, 0.717) is 0 Å². The van der Waals surface area contributed by atoms with Crippen LogP contribution in [0.2, 0.25) is 0 Å². The van der Waals surface area contributed by atoms with Crippen LogP contribution in [-0.4, -0.2) is 37.7 Å². The van der Waals surface area contributed by atoms with Gasteiger partial charge in [0, 0.05) is 18.8 Å². The lowest BCUT2D eigenvalue weighted by Gasteiger charge is -2.26. The monoisotopic (exact) mass is 220 g/mol. The number of morpholine rings is 1. The van der Waals surface area contributed by atoms with E-state index in [0.717, 1.165) is 45.0 Å². The summed E-state index contributed by atoms with van der Waals surface area (Å²) in [5.41, 5.74) is 8.10. The van der Waals surface area contributed by atoms with E-state index in [1.807, 2.05) is 12.1 Å². The smallest absolute Gasteiger partial charge is 0.0594 e. The molecule has 1 fully saturated rings. The summed E-state index contributed by atoms with van der Waals surface area (Å²) in [6.07, 6.45) is 2.25. The average molecular weight is 220 g/mol. The largest absolute Gasteiger partial charge is 0.399 e. The molecule has 0 unspecified atom stereocenters. The van der Waals surface area contributed by atoms with Crippen molar-refractivity contribution in [3.05, 3.63) is 29.8 Å². The number of benzene rings is 1. The van der Waals surface area contributed by atoms with E-state index < -0.39 is 0 Å². The number of hydrogen-bond acceptors (Lipinski definition) is 3. The molecule has 1 aromatic rings. The zero-order chi connectivity index (χ0) is 11.2. The van der Waals surface area contributed by atoms with Crippen molar-refractivity contribution in [2.45, 2.75) is 12.8 Å². The van der Waals surface area contributed by atoms with Gasteiger partial charge in [0.05, 0.1) is 13.2 Å². The fraction of sp³-hybridized carbons (Fsp3) is 0.538. The number of nitrogens with two attached hydrogens (primary N) is 1. The lowest BCUT2D eigenvalue weighted by atomic mass is 10.1. The first kappa shape index (κ1) is 11.4.